The van der Waals surface area contributed by atoms with Gasteiger partial charge in [0.1, 0.15) is 0 Å². The Morgan fingerprint density at radius 1 is 0.862 bits per heavy atom. The third-order valence-electron chi connectivity index (χ3n) is 5.66. The van der Waals surface area contributed by atoms with Gasteiger partial charge in [0.25, 0.3) is 11.8 Å². The maximum Gasteiger partial charge on any atom is 0.256 e. The highest BCUT2D eigenvalue weighted by molar-refractivity contribution is 6.31. The molecule has 2 amide bonds. The van der Waals surface area contributed by atoms with E-state index in [1.807, 2.05) is 23.1 Å². The number of rotatable bonds is 4. The van der Waals surface area contributed by atoms with Crippen LogP contribution < -0.4 is 10.2 Å². The van der Waals surface area contributed by atoms with Crippen LogP contribution in [0.1, 0.15) is 52.8 Å². The van der Waals surface area contributed by atoms with E-state index in [0.29, 0.717) is 21.8 Å². The summed E-state index contributed by atoms with van der Waals surface area (Å²) in [4.78, 5) is 30.1. The van der Waals surface area contributed by atoms with Gasteiger partial charge in [-0.3, -0.25) is 9.59 Å². The first-order chi connectivity index (χ1) is 14.1. The minimum atomic E-state index is -0.238. The summed E-state index contributed by atoms with van der Waals surface area (Å²) in [5.74, 6) is -0.178. The summed E-state index contributed by atoms with van der Waals surface area (Å²) in [5.41, 5.74) is 2.76. The van der Waals surface area contributed by atoms with E-state index < -0.39 is 0 Å². The van der Waals surface area contributed by atoms with Crippen molar-refractivity contribution >= 4 is 34.8 Å². The van der Waals surface area contributed by atoms with Crippen molar-refractivity contribution in [2.75, 3.05) is 36.4 Å². The number of halogens is 1. The van der Waals surface area contributed by atoms with Gasteiger partial charge in [0, 0.05) is 48.1 Å². The summed E-state index contributed by atoms with van der Waals surface area (Å²) in [6.45, 7) is 3.54. The number of likely N-dealkylation sites (tertiary alicyclic amines) is 1. The van der Waals surface area contributed by atoms with Gasteiger partial charge < -0.3 is 15.1 Å². The zero-order valence-electron chi connectivity index (χ0n) is 16.5. The number of nitrogens with zero attached hydrogens (tertiary/aromatic N) is 2. The molecule has 0 aliphatic carbocycles. The smallest absolute Gasteiger partial charge is 0.256 e. The maximum absolute atomic E-state index is 13.3. The van der Waals surface area contributed by atoms with Crippen molar-refractivity contribution < 1.29 is 9.59 Å². The number of benzene rings is 2. The van der Waals surface area contributed by atoms with E-state index in [0.717, 1.165) is 57.5 Å². The summed E-state index contributed by atoms with van der Waals surface area (Å²) in [5, 5.41) is 3.43. The molecule has 2 aliphatic heterocycles. The van der Waals surface area contributed by atoms with Crippen LogP contribution in [0.3, 0.4) is 0 Å². The molecular formula is C23H26ClN3O2. The molecule has 0 atom stereocenters. The van der Waals surface area contributed by atoms with Gasteiger partial charge in [0.05, 0.1) is 5.56 Å². The molecule has 0 saturated carbocycles. The quantitative estimate of drug-likeness (QED) is 0.784. The molecule has 0 unspecified atom stereocenters. The van der Waals surface area contributed by atoms with Gasteiger partial charge in [0.15, 0.2) is 0 Å². The summed E-state index contributed by atoms with van der Waals surface area (Å²) in [6, 6.07) is 12.5. The van der Waals surface area contributed by atoms with E-state index in [-0.39, 0.29) is 11.8 Å². The number of carbonyl (C=O) groups excluding carboxylic acids is 2. The molecule has 2 aliphatic rings. The van der Waals surface area contributed by atoms with Crippen LogP contribution in [0.5, 0.6) is 0 Å². The summed E-state index contributed by atoms with van der Waals surface area (Å²) in [7, 11) is 0. The Kier molecular flexibility index (Phi) is 6.05. The zero-order valence-corrected chi connectivity index (χ0v) is 17.3. The van der Waals surface area contributed by atoms with Gasteiger partial charge in [-0.2, -0.15) is 0 Å². The summed E-state index contributed by atoms with van der Waals surface area (Å²) in [6.07, 6.45) is 5.57. The van der Waals surface area contributed by atoms with Crippen molar-refractivity contribution in [3.63, 3.8) is 0 Å². The first-order valence-corrected chi connectivity index (χ1v) is 10.7. The highest BCUT2D eigenvalue weighted by atomic mass is 35.5. The van der Waals surface area contributed by atoms with E-state index >= 15 is 0 Å². The second-order valence-corrected chi connectivity index (χ2v) is 8.18. The lowest BCUT2D eigenvalue weighted by Crippen LogP contribution is -2.36. The molecule has 2 saturated heterocycles. The molecule has 152 valence electrons. The van der Waals surface area contributed by atoms with Crippen molar-refractivity contribution in [1.29, 1.82) is 0 Å². The minimum Gasteiger partial charge on any atom is -0.371 e. The number of nitrogens with one attached hydrogen (secondary N) is 1. The molecule has 2 heterocycles. The number of hydrogen-bond acceptors (Lipinski definition) is 3. The SMILES string of the molecule is O=C(Nc1ccc(N2CCCC2)c(C(=O)N2CCCCC2)c1)c1cccc(Cl)c1. The van der Waals surface area contributed by atoms with Crippen LogP contribution in [0.2, 0.25) is 5.02 Å². The Morgan fingerprint density at radius 2 is 1.59 bits per heavy atom. The average molecular weight is 412 g/mol. The largest absolute Gasteiger partial charge is 0.371 e. The molecule has 0 spiro atoms. The second kappa shape index (κ2) is 8.87. The number of amides is 2. The molecule has 2 aromatic rings. The van der Waals surface area contributed by atoms with Crippen molar-refractivity contribution in [1.82, 2.24) is 4.90 Å². The lowest BCUT2D eigenvalue weighted by Gasteiger charge is -2.29. The van der Waals surface area contributed by atoms with Gasteiger partial charge >= 0.3 is 0 Å². The van der Waals surface area contributed by atoms with Crippen LogP contribution in [0, 0.1) is 0 Å². The molecule has 0 radical (unpaired) electrons. The van der Waals surface area contributed by atoms with Gasteiger partial charge in [-0.15, -0.1) is 0 Å². The minimum absolute atomic E-state index is 0.0606. The molecule has 4 rings (SSSR count). The number of piperidine rings is 1. The van der Waals surface area contributed by atoms with E-state index in [4.69, 9.17) is 11.6 Å². The lowest BCUT2D eigenvalue weighted by atomic mass is 10.1. The fraction of sp³-hybridized carbons (Fsp3) is 0.391. The van der Waals surface area contributed by atoms with Gasteiger partial charge in [0.2, 0.25) is 0 Å². The molecule has 2 aromatic carbocycles. The summed E-state index contributed by atoms with van der Waals surface area (Å²) < 4.78 is 0. The van der Waals surface area contributed by atoms with Crippen LogP contribution in [0.15, 0.2) is 42.5 Å². The zero-order chi connectivity index (χ0) is 20.2. The molecule has 6 heteroatoms. The monoisotopic (exact) mass is 411 g/mol. The molecule has 1 N–H and O–H groups in total. The van der Waals surface area contributed by atoms with E-state index in [1.54, 1.807) is 24.3 Å². The van der Waals surface area contributed by atoms with E-state index in [2.05, 4.69) is 10.2 Å². The van der Waals surface area contributed by atoms with Crippen LogP contribution in [-0.4, -0.2) is 42.9 Å². The maximum atomic E-state index is 13.3. The highest BCUT2D eigenvalue weighted by Crippen LogP contribution is 2.29. The van der Waals surface area contributed by atoms with Gasteiger partial charge in [-0.25, -0.2) is 0 Å². The van der Waals surface area contributed by atoms with Crippen molar-refractivity contribution in [3.05, 3.63) is 58.6 Å². The summed E-state index contributed by atoms with van der Waals surface area (Å²) >= 11 is 6.00. The molecule has 0 bridgehead atoms. The van der Waals surface area contributed by atoms with Crippen molar-refractivity contribution in [2.45, 2.75) is 32.1 Å². The predicted molar refractivity (Wildman–Crippen MR) is 117 cm³/mol. The number of anilines is 2. The Morgan fingerprint density at radius 3 is 2.31 bits per heavy atom. The number of carbonyl (C=O) groups is 2. The van der Waals surface area contributed by atoms with Crippen LogP contribution >= 0.6 is 11.6 Å². The molecule has 29 heavy (non-hydrogen) atoms. The first kappa shape index (κ1) is 19.8. The van der Waals surface area contributed by atoms with Crippen LogP contribution in [-0.2, 0) is 0 Å². The Labute approximate surface area is 176 Å². The van der Waals surface area contributed by atoms with Crippen molar-refractivity contribution in [3.8, 4) is 0 Å². The first-order valence-electron chi connectivity index (χ1n) is 10.4. The average Bonchev–Trinajstić information content (AvgIpc) is 3.28. The fourth-order valence-electron chi connectivity index (χ4n) is 4.12. The number of hydrogen-bond donors (Lipinski definition) is 1. The molecule has 2 fully saturated rings. The van der Waals surface area contributed by atoms with E-state index in [9.17, 15) is 9.59 Å². The normalized spacial score (nSPS) is 16.7. The molecule has 5 nitrogen and oxygen atoms in total. The Hall–Kier alpha value is -2.53. The second-order valence-electron chi connectivity index (χ2n) is 7.74. The predicted octanol–water partition coefficient (Wildman–Crippen LogP) is 4.82. The van der Waals surface area contributed by atoms with Crippen LogP contribution in [0.4, 0.5) is 11.4 Å². The fourth-order valence-corrected chi connectivity index (χ4v) is 4.31. The Bertz CT molecular complexity index is 903. The third kappa shape index (κ3) is 4.56. The topological polar surface area (TPSA) is 52.7 Å². The van der Waals surface area contributed by atoms with Gasteiger partial charge in [-0.05, 0) is 68.5 Å². The highest BCUT2D eigenvalue weighted by Gasteiger charge is 2.25. The molecule has 0 aromatic heterocycles. The van der Waals surface area contributed by atoms with E-state index in [1.165, 1.54) is 6.42 Å². The van der Waals surface area contributed by atoms with Gasteiger partial charge in [-0.1, -0.05) is 17.7 Å². The lowest BCUT2D eigenvalue weighted by molar-refractivity contribution is 0.0724. The van der Waals surface area contributed by atoms with Crippen molar-refractivity contribution in [2.24, 2.45) is 0 Å². The van der Waals surface area contributed by atoms with Crippen LogP contribution in [0.25, 0.3) is 0 Å². The molecular weight excluding hydrogens is 386 g/mol. The third-order valence-corrected chi connectivity index (χ3v) is 5.90. The Balaban J connectivity index is 1.61. The standard InChI is InChI=1S/C23H26ClN3O2/c24-18-8-6-7-17(15-18)22(28)25-19-9-10-21(26-11-4-5-12-26)20(16-19)23(29)27-13-2-1-3-14-27/h6-10,15-16H,1-5,11-14H2,(H,25,28).